The minimum atomic E-state index is -0.558. The number of nitro groups is 1. The molecule has 2 amide bonds. The van der Waals surface area contributed by atoms with Crippen LogP contribution < -0.4 is 10.6 Å². The molecule has 9 heteroatoms. The van der Waals surface area contributed by atoms with Gasteiger partial charge in [0, 0.05) is 40.0 Å². The molecule has 1 heterocycles. The molecular weight excluding hydrogens is 380 g/mol. The number of nitrogens with one attached hydrogen (secondary N) is 2. The molecule has 1 aromatic heterocycles. The Balaban J connectivity index is 1.56. The lowest BCUT2D eigenvalue weighted by Gasteiger charge is -2.08. The molecule has 0 spiro atoms. The van der Waals surface area contributed by atoms with Gasteiger partial charge in [-0.1, -0.05) is 6.07 Å². The van der Waals surface area contributed by atoms with Gasteiger partial charge in [0.2, 0.25) is 5.91 Å². The molecule has 0 fully saturated rings. The van der Waals surface area contributed by atoms with Crippen LogP contribution in [0.1, 0.15) is 15.9 Å². The lowest BCUT2D eigenvalue weighted by atomic mass is 10.1. The Hall–Kier alpha value is -3.59. The molecule has 142 valence electrons. The smallest absolute Gasteiger partial charge is 0.273 e. The molecule has 0 aliphatic carbocycles. The zero-order valence-corrected chi connectivity index (χ0v) is 15.7. The van der Waals surface area contributed by atoms with Crippen molar-refractivity contribution < 1.29 is 14.5 Å². The second kappa shape index (κ2) is 8.40. The van der Waals surface area contributed by atoms with Crippen LogP contribution in [0.5, 0.6) is 0 Å². The van der Waals surface area contributed by atoms with Crippen LogP contribution in [0.3, 0.4) is 0 Å². The van der Waals surface area contributed by atoms with Crippen LogP contribution in [0.25, 0.3) is 10.6 Å². The number of carbonyl (C=O) groups is 2. The molecule has 3 aromatic rings. The van der Waals surface area contributed by atoms with E-state index in [1.165, 1.54) is 29.5 Å². The number of nitrogens with zero attached hydrogens (tertiary/aromatic N) is 2. The number of hydrogen-bond acceptors (Lipinski definition) is 6. The molecule has 3 rings (SSSR count). The van der Waals surface area contributed by atoms with E-state index in [1.54, 1.807) is 25.3 Å². The van der Waals surface area contributed by atoms with Gasteiger partial charge >= 0.3 is 0 Å². The Morgan fingerprint density at radius 2 is 1.93 bits per heavy atom. The Bertz CT molecular complexity index is 1020. The maximum Gasteiger partial charge on any atom is 0.273 e. The summed E-state index contributed by atoms with van der Waals surface area (Å²) in [6.07, 6.45) is 1.72. The standard InChI is InChI=1S/C19H16N4O4S/c1-12-2-3-14(10-16(12)23(26)27)18(25)21-11-17(24)22-15-6-4-13(5-7-15)19-20-8-9-28-19/h2-10H,11H2,1H3,(H,21,25)(H,22,24). The first-order valence-corrected chi connectivity index (χ1v) is 9.15. The topological polar surface area (TPSA) is 114 Å². The van der Waals surface area contributed by atoms with Gasteiger partial charge < -0.3 is 10.6 Å². The Morgan fingerprint density at radius 1 is 1.18 bits per heavy atom. The number of anilines is 1. The fourth-order valence-corrected chi connectivity index (χ4v) is 3.12. The predicted octanol–water partition coefficient (Wildman–Crippen LogP) is 3.40. The Labute approximate surface area is 164 Å². The van der Waals surface area contributed by atoms with E-state index < -0.39 is 16.7 Å². The minimum absolute atomic E-state index is 0.123. The summed E-state index contributed by atoms with van der Waals surface area (Å²) >= 11 is 1.52. The lowest BCUT2D eigenvalue weighted by Crippen LogP contribution is -2.32. The van der Waals surface area contributed by atoms with Gasteiger partial charge in [-0.25, -0.2) is 4.98 Å². The number of carbonyl (C=O) groups excluding carboxylic acids is 2. The molecule has 0 saturated carbocycles. The number of rotatable bonds is 6. The summed E-state index contributed by atoms with van der Waals surface area (Å²) < 4.78 is 0. The molecule has 0 saturated heterocycles. The predicted molar refractivity (Wildman–Crippen MR) is 106 cm³/mol. The van der Waals surface area contributed by atoms with Gasteiger partial charge in [-0.3, -0.25) is 19.7 Å². The number of nitro benzene ring substituents is 1. The highest BCUT2D eigenvalue weighted by Gasteiger charge is 2.15. The van der Waals surface area contributed by atoms with Gasteiger partial charge in [0.05, 0.1) is 11.5 Å². The van der Waals surface area contributed by atoms with E-state index in [4.69, 9.17) is 0 Å². The van der Waals surface area contributed by atoms with Crippen molar-refractivity contribution in [1.82, 2.24) is 10.3 Å². The first kappa shape index (κ1) is 19.2. The first-order valence-electron chi connectivity index (χ1n) is 8.27. The van der Waals surface area contributed by atoms with E-state index >= 15 is 0 Å². The number of amides is 2. The molecular formula is C19H16N4O4S. The normalized spacial score (nSPS) is 10.3. The number of aromatic nitrogens is 1. The van der Waals surface area contributed by atoms with Crippen LogP contribution in [-0.4, -0.2) is 28.3 Å². The summed E-state index contributed by atoms with van der Waals surface area (Å²) in [5.41, 5.74) is 1.98. The average molecular weight is 396 g/mol. The highest BCUT2D eigenvalue weighted by Crippen LogP contribution is 2.23. The molecule has 0 radical (unpaired) electrons. The maximum absolute atomic E-state index is 12.1. The van der Waals surface area contributed by atoms with E-state index in [1.807, 2.05) is 17.5 Å². The average Bonchev–Trinajstić information content (AvgIpc) is 3.21. The summed E-state index contributed by atoms with van der Waals surface area (Å²) in [6.45, 7) is 1.34. The second-order valence-corrected chi connectivity index (χ2v) is 6.80. The van der Waals surface area contributed by atoms with Crippen LogP contribution in [0.2, 0.25) is 0 Å². The van der Waals surface area contributed by atoms with Crippen molar-refractivity contribution in [2.75, 3.05) is 11.9 Å². The fraction of sp³-hybridized carbons (Fsp3) is 0.105. The Morgan fingerprint density at radius 3 is 2.57 bits per heavy atom. The van der Waals surface area contributed by atoms with Crippen molar-refractivity contribution in [3.05, 3.63) is 75.3 Å². The van der Waals surface area contributed by atoms with Crippen molar-refractivity contribution in [2.45, 2.75) is 6.92 Å². The number of thiazole rings is 1. The monoisotopic (exact) mass is 396 g/mol. The van der Waals surface area contributed by atoms with Gasteiger partial charge in [-0.2, -0.15) is 0 Å². The summed E-state index contributed by atoms with van der Waals surface area (Å²) in [7, 11) is 0. The van der Waals surface area contributed by atoms with Crippen molar-refractivity contribution in [3.63, 3.8) is 0 Å². The van der Waals surface area contributed by atoms with Crippen molar-refractivity contribution in [2.24, 2.45) is 0 Å². The van der Waals surface area contributed by atoms with Crippen LogP contribution >= 0.6 is 11.3 Å². The molecule has 0 unspecified atom stereocenters. The summed E-state index contributed by atoms with van der Waals surface area (Å²) in [6, 6.07) is 11.4. The summed E-state index contributed by atoms with van der Waals surface area (Å²) in [4.78, 5) is 38.8. The third-order valence-electron chi connectivity index (χ3n) is 3.93. The van der Waals surface area contributed by atoms with Crippen LogP contribution in [-0.2, 0) is 4.79 Å². The van der Waals surface area contributed by atoms with E-state index in [-0.39, 0.29) is 17.8 Å². The number of hydrogen-bond donors (Lipinski definition) is 2. The van der Waals surface area contributed by atoms with Crippen LogP contribution in [0.15, 0.2) is 54.0 Å². The first-order chi connectivity index (χ1) is 13.4. The van der Waals surface area contributed by atoms with Gasteiger partial charge in [-0.05, 0) is 37.3 Å². The van der Waals surface area contributed by atoms with Crippen molar-refractivity contribution >= 4 is 34.5 Å². The number of benzene rings is 2. The third-order valence-corrected chi connectivity index (χ3v) is 4.75. The minimum Gasteiger partial charge on any atom is -0.343 e. The van der Waals surface area contributed by atoms with Crippen LogP contribution in [0, 0.1) is 17.0 Å². The highest BCUT2D eigenvalue weighted by molar-refractivity contribution is 7.13. The summed E-state index contributed by atoms with van der Waals surface area (Å²) in [5, 5.41) is 18.9. The summed E-state index contributed by atoms with van der Waals surface area (Å²) in [5.74, 6) is -0.964. The van der Waals surface area contributed by atoms with Crippen molar-refractivity contribution in [3.8, 4) is 10.6 Å². The number of aryl methyl sites for hydroxylation is 1. The SMILES string of the molecule is Cc1ccc(C(=O)NCC(=O)Nc2ccc(-c3nccs3)cc2)cc1[N+](=O)[O-]. The third kappa shape index (κ3) is 4.57. The molecule has 0 atom stereocenters. The van der Waals surface area contributed by atoms with E-state index in [9.17, 15) is 19.7 Å². The van der Waals surface area contributed by atoms with Gasteiger partial charge in [0.1, 0.15) is 5.01 Å². The molecule has 0 bridgehead atoms. The quantitative estimate of drug-likeness (QED) is 0.490. The maximum atomic E-state index is 12.1. The van der Waals surface area contributed by atoms with E-state index in [2.05, 4.69) is 15.6 Å². The zero-order valence-electron chi connectivity index (χ0n) is 14.8. The van der Waals surface area contributed by atoms with E-state index in [0.29, 0.717) is 11.3 Å². The molecule has 28 heavy (non-hydrogen) atoms. The van der Waals surface area contributed by atoms with Gasteiger partial charge in [0.25, 0.3) is 11.6 Å². The second-order valence-electron chi connectivity index (χ2n) is 5.90. The molecule has 2 aromatic carbocycles. The lowest BCUT2D eigenvalue weighted by molar-refractivity contribution is -0.385. The molecule has 2 N–H and O–H groups in total. The molecule has 0 aliphatic rings. The van der Waals surface area contributed by atoms with E-state index in [0.717, 1.165) is 10.6 Å². The fourth-order valence-electron chi connectivity index (χ4n) is 2.48. The van der Waals surface area contributed by atoms with Crippen LogP contribution in [0.4, 0.5) is 11.4 Å². The van der Waals surface area contributed by atoms with Gasteiger partial charge in [0.15, 0.2) is 0 Å². The van der Waals surface area contributed by atoms with Gasteiger partial charge in [-0.15, -0.1) is 11.3 Å². The molecule has 8 nitrogen and oxygen atoms in total. The largest absolute Gasteiger partial charge is 0.343 e. The molecule has 0 aliphatic heterocycles. The highest BCUT2D eigenvalue weighted by atomic mass is 32.1. The Kier molecular flexibility index (Phi) is 5.75. The zero-order chi connectivity index (χ0) is 20.1. The van der Waals surface area contributed by atoms with Crippen molar-refractivity contribution in [1.29, 1.82) is 0 Å².